The second kappa shape index (κ2) is 12.8. The third kappa shape index (κ3) is 6.54. The van der Waals surface area contributed by atoms with E-state index in [0.29, 0.717) is 44.3 Å². The second-order valence-corrected chi connectivity index (χ2v) is 9.42. The summed E-state index contributed by atoms with van der Waals surface area (Å²) < 4.78 is 0. The Balaban J connectivity index is 0.000000192. The fourth-order valence-corrected chi connectivity index (χ4v) is 4.62. The van der Waals surface area contributed by atoms with Crippen LogP contribution in [0.2, 0.25) is 15.7 Å². The van der Waals surface area contributed by atoms with Crippen molar-refractivity contribution in [3.8, 4) is 22.5 Å². The van der Waals surface area contributed by atoms with Gasteiger partial charge in [0.15, 0.2) is 0 Å². The Morgan fingerprint density at radius 2 is 1.12 bits per heavy atom. The summed E-state index contributed by atoms with van der Waals surface area (Å²) in [7, 11) is 0. The molecule has 216 valence electrons. The van der Waals surface area contributed by atoms with Crippen LogP contribution in [-0.4, -0.2) is 39.8 Å². The molecule has 13 nitrogen and oxygen atoms in total. The number of nitrogen functional groups attached to an aromatic ring is 1. The molecule has 0 aliphatic heterocycles. The summed E-state index contributed by atoms with van der Waals surface area (Å²) in [6.07, 6.45) is 3.09. The Labute approximate surface area is 257 Å². The molecule has 0 aliphatic carbocycles. The number of halogens is 3. The summed E-state index contributed by atoms with van der Waals surface area (Å²) in [6, 6.07) is 15.6. The highest BCUT2D eigenvalue weighted by molar-refractivity contribution is 6.36. The van der Waals surface area contributed by atoms with Gasteiger partial charge < -0.3 is 5.73 Å². The molecule has 4 aromatic heterocycles. The molecule has 0 aliphatic rings. The monoisotopic (exact) mass is 637 g/mol. The average Bonchev–Trinajstić information content (AvgIpc) is 2.97. The van der Waals surface area contributed by atoms with E-state index >= 15 is 0 Å². The number of pyridine rings is 2. The van der Waals surface area contributed by atoms with Gasteiger partial charge in [0.1, 0.15) is 22.0 Å². The maximum absolute atomic E-state index is 10.9. The van der Waals surface area contributed by atoms with Crippen LogP contribution in [0.5, 0.6) is 0 Å². The predicted octanol–water partition coefficient (Wildman–Crippen LogP) is 7.38. The Kier molecular flexibility index (Phi) is 9.19. The summed E-state index contributed by atoms with van der Waals surface area (Å²) in [5, 5.41) is 23.1. The summed E-state index contributed by atoms with van der Waals surface area (Å²) in [6.45, 7) is 0. The van der Waals surface area contributed by atoms with Crippen LogP contribution in [0, 0.1) is 20.2 Å². The first-order valence-corrected chi connectivity index (χ1v) is 12.8. The van der Waals surface area contributed by atoms with Crippen molar-refractivity contribution in [1.29, 1.82) is 0 Å². The third-order valence-electron chi connectivity index (χ3n) is 5.82. The molecule has 6 rings (SSSR count). The lowest BCUT2D eigenvalue weighted by Gasteiger charge is -2.06. The zero-order valence-corrected chi connectivity index (χ0v) is 23.1. The number of nitro groups is 2. The van der Waals surface area contributed by atoms with Gasteiger partial charge in [-0.25, -0.2) is 19.9 Å². The number of fused-ring (bicyclic) bond motifs is 2. The standard InChI is InChI=1S/C13H6Cl2N4O2.C13H8ClN5O2.CH4/c14-12-9-4-5-16-10(11(9)17-13(15)18-12)7-2-1-3-8(6-7)19(20)21;14-13-17-11-9(12(15)18-13)4-5-16-10(11)7-2-1-3-8(6-7)19(20)21;/h1-6H;1-6H,(H2,15,17,18);1H4. The van der Waals surface area contributed by atoms with E-state index in [1.54, 1.807) is 48.8 Å². The smallest absolute Gasteiger partial charge is 0.270 e. The Bertz CT molecular complexity index is 1880. The van der Waals surface area contributed by atoms with Gasteiger partial charge in [-0.1, -0.05) is 43.3 Å². The number of nitro benzene ring substituents is 2. The number of benzene rings is 2. The van der Waals surface area contributed by atoms with E-state index in [1.165, 1.54) is 24.3 Å². The lowest BCUT2D eigenvalue weighted by molar-refractivity contribution is -0.385. The van der Waals surface area contributed by atoms with Gasteiger partial charge in [-0.3, -0.25) is 30.2 Å². The second-order valence-electron chi connectivity index (χ2n) is 8.39. The zero-order valence-electron chi connectivity index (χ0n) is 20.9. The topological polar surface area (TPSA) is 190 Å². The van der Waals surface area contributed by atoms with Gasteiger partial charge in [-0.05, 0) is 35.3 Å². The number of rotatable bonds is 4. The minimum absolute atomic E-state index is 0. The maximum Gasteiger partial charge on any atom is 0.270 e. The maximum atomic E-state index is 10.9. The number of aromatic nitrogens is 6. The van der Waals surface area contributed by atoms with Crippen LogP contribution >= 0.6 is 34.8 Å². The van der Waals surface area contributed by atoms with Crippen molar-refractivity contribution in [1.82, 2.24) is 29.9 Å². The lowest BCUT2D eigenvalue weighted by Crippen LogP contribution is -1.98. The molecule has 0 saturated heterocycles. The van der Waals surface area contributed by atoms with Crippen LogP contribution in [0.4, 0.5) is 17.2 Å². The molecule has 43 heavy (non-hydrogen) atoms. The van der Waals surface area contributed by atoms with Gasteiger partial charge in [0.25, 0.3) is 11.4 Å². The fourth-order valence-electron chi connectivity index (χ4n) is 4.00. The summed E-state index contributed by atoms with van der Waals surface area (Å²) in [5.74, 6) is 0.235. The van der Waals surface area contributed by atoms with Crippen LogP contribution in [0.1, 0.15) is 7.43 Å². The van der Waals surface area contributed by atoms with Crippen LogP contribution in [0.3, 0.4) is 0 Å². The fraction of sp³-hybridized carbons (Fsp3) is 0.0370. The molecule has 4 heterocycles. The van der Waals surface area contributed by atoms with Crippen LogP contribution in [0.25, 0.3) is 44.3 Å². The molecular weight excluding hydrogens is 621 g/mol. The van der Waals surface area contributed by atoms with E-state index in [-0.39, 0.29) is 40.3 Å². The van der Waals surface area contributed by atoms with E-state index < -0.39 is 9.85 Å². The van der Waals surface area contributed by atoms with Gasteiger partial charge >= 0.3 is 0 Å². The minimum atomic E-state index is -0.469. The first-order chi connectivity index (χ1) is 20.1. The van der Waals surface area contributed by atoms with Crippen molar-refractivity contribution in [3.05, 3.63) is 109 Å². The molecule has 2 aromatic carbocycles. The van der Waals surface area contributed by atoms with Gasteiger partial charge in [0, 0.05) is 58.6 Å². The number of hydrogen-bond donors (Lipinski definition) is 1. The first-order valence-electron chi connectivity index (χ1n) is 11.7. The van der Waals surface area contributed by atoms with Crippen LogP contribution < -0.4 is 5.73 Å². The molecule has 0 amide bonds. The highest BCUT2D eigenvalue weighted by Gasteiger charge is 2.15. The molecule has 0 spiro atoms. The van der Waals surface area contributed by atoms with Crippen molar-refractivity contribution >= 4 is 73.8 Å². The molecule has 0 radical (unpaired) electrons. The number of nitrogens with two attached hydrogens (primary N) is 1. The van der Waals surface area contributed by atoms with E-state index in [4.69, 9.17) is 40.5 Å². The normalized spacial score (nSPS) is 10.5. The summed E-state index contributed by atoms with van der Waals surface area (Å²) >= 11 is 17.7. The molecule has 0 atom stereocenters. The molecule has 16 heteroatoms. The van der Waals surface area contributed by atoms with Crippen LogP contribution in [-0.2, 0) is 0 Å². The SMILES string of the molecule is C.Nc1nc(Cl)nc2c(-c3cccc([N+](=O)[O-])c3)nccc12.O=[N+]([O-])c1cccc(-c2nccc3c(Cl)nc(Cl)nc23)c1. The lowest BCUT2D eigenvalue weighted by atomic mass is 10.1. The largest absolute Gasteiger partial charge is 0.383 e. The first kappa shape index (κ1) is 30.8. The third-order valence-corrected chi connectivity index (χ3v) is 6.44. The summed E-state index contributed by atoms with van der Waals surface area (Å²) in [5.41, 5.74) is 8.69. The number of nitrogens with zero attached hydrogens (tertiary/aromatic N) is 8. The van der Waals surface area contributed by atoms with E-state index in [0.717, 1.165) is 0 Å². The van der Waals surface area contributed by atoms with Gasteiger partial charge in [-0.2, -0.15) is 0 Å². The van der Waals surface area contributed by atoms with Crippen molar-refractivity contribution in [2.75, 3.05) is 5.73 Å². The molecule has 0 bridgehead atoms. The molecule has 0 saturated carbocycles. The number of hydrogen-bond acceptors (Lipinski definition) is 11. The zero-order chi connectivity index (χ0) is 30.0. The molecule has 2 N–H and O–H groups in total. The van der Waals surface area contributed by atoms with Gasteiger partial charge in [-0.15, -0.1) is 0 Å². The Morgan fingerprint density at radius 1 is 0.651 bits per heavy atom. The van der Waals surface area contributed by atoms with Crippen molar-refractivity contribution in [2.45, 2.75) is 7.43 Å². The molecular formula is C27H18Cl3N9O4. The van der Waals surface area contributed by atoms with E-state index in [2.05, 4.69) is 29.9 Å². The van der Waals surface area contributed by atoms with Crippen LogP contribution in [0.15, 0.2) is 73.1 Å². The van der Waals surface area contributed by atoms with Gasteiger partial charge in [0.2, 0.25) is 10.6 Å². The summed E-state index contributed by atoms with van der Waals surface area (Å²) in [4.78, 5) is 45.3. The predicted molar refractivity (Wildman–Crippen MR) is 165 cm³/mol. The van der Waals surface area contributed by atoms with E-state index in [1.807, 2.05) is 0 Å². The quantitative estimate of drug-likeness (QED) is 0.0877. The Hall–Kier alpha value is -5.11. The average molecular weight is 639 g/mol. The van der Waals surface area contributed by atoms with Crippen molar-refractivity contribution < 1.29 is 9.85 Å². The highest BCUT2D eigenvalue weighted by atomic mass is 35.5. The van der Waals surface area contributed by atoms with Crippen molar-refractivity contribution in [2.24, 2.45) is 0 Å². The minimum Gasteiger partial charge on any atom is -0.383 e. The number of anilines is 1. The highest BCUT2D eigenvalue weighted by Crippen LogP contribution is 2.32. The van der Waals surface area contributed by atoms with Gasteiger partial charge in [0.05, 0.1) is 21.2 Å². The van der Waals surface area contributed by atoms with Crippen molar-refractivity contribution in [3.63, 3.8) is 0 Å². The number of non-ortho nitro benzene ring substituents is 2. The molecule has 0 fully saturated rings. The molecule has 0 unspecified atom stereocenters. The Morgan fingerprint density at radius 3 is 1.63 bits per heavy atom. The molecule has 6 aromatic rings. The van der Waals surface area contributed by atoms with E-state index in [9.17, 15) is 20.2 Å².